The number of amides is 1. The first kappa shape index (κ1) is 14.4. The highest BCUT2D eigenvalue weighted by Gasteiger charge is 2.43. The van der Waals surface area contributed by atoms with Gasteiger partial charge in [0.25, 0.3) is 5.91 Å². The molecule has 6 nitrogen and oxygen atoms in total. The van der Waals surface area contributed by atoms with Crippen LogP contribution in [0.5, 0.6) is 0 Å². The van der Waals surface area contributed by atoms with Gasteiger partial charge in [-0.25, -0.2) is 0 Å². The minimum atomic E-state index is 0.0405. The second-order valence-electron chi connectivity index (χ2n) is 6.23. The Labute approximate surface area is 135 Å². The van der Waals surface area contributed by atoms with E-state index in [1.54, 1.807) is 0 Å². The van der Waals surface area contributed by atoms with Crippen LogP contribution in [0, 0.1) is 6.92 Å². The number of aromatic amines is 1. The van der Waals surface area contributed by atoms with E-state index in [1.165, 1.54) is 5.56 Å². The number of carbonyl (C=O) groups excluding carboxylic acids is 1. The molecule has 23 heavy (non-hydrogen) atoms. The lowest BCUT2D eigenvalue weighted by atomic mass is 10.1. The van der Waals surface area contributed by atoms with Crippen molar-refractivity contribution in [1.82, 2.24) is 15.1 Å². The van der Waals surface area contributed by atoms with Crippen molar-refractivity contribution in [3.05, 3.63) is 47.8 Å². The Kier molecular flexibility index (Phi) is 3.63. The maximum atomic E-state index is 12.4. The van der Waals surface area contributed by atoms with Gasteiger partial charge in [-0.1, -0.05) is 18.2 Å². The van der Waals surface area contributed by atoms with Gasteiger partial charge in [0.1, 0.15) is 6.61 Å². The Morgan fingerprint density at radius 3 is 2.87 bits per heavy atom. The number of benzene rings is 1. The summed E-state index contributed by atoms with van der Waals surface area (Å²) in [4.78, 5) is 16.6. The zero-order chi connectivity index (χ0) is 15.8. The third kappa shape index (κ3) is 2.64. The van der Waals surface area contributed by atoms with E-state index in [4.69, 9.17) is 4.74 Å². The molecule has 1 N–H and O–H groups in total. The van der Waals surface area contributed by atoms with Crippen molar-refractivity contribution in [1.29, 1.82) is 0 Å². The number of aryl methyl sites for hydroxylation is 1. The normalized spacial score (nSPS) is 24.9. The van der Waals surface area contributed by atoms with Crippen LogP contribution in [0.1, 0.15) is 11.3 Å². The van der Waals surface area contributed by atoms with E-state index in [9.17, 15) is 4.79 Å². The van der Waals surface area contributed by atoms with E-state index in [1.807, 2.05) is 48.4 Å². The molecule has 0 saturated carbocycles. The summed E-state index contributed by atoms with van der Waals surface area (Å²) in [6, 6.07) is 9.95. The molecular formula is C17H20N4O2. The maximum Gasteiger partial charge on any atom is 0.253 e. The number of nitrogens with zero attached hydrogens (tertiary/aromatic N) is 3. The molecular weight excluding hydrogens is 292 g/mol. The van der Waals surface area contributed by atoms with Crippen molar-refractivity contribution < 1.29 is 9.53 Å². The zero-order valence-electron chi connectivity index (χ0n) is 13.1. The summed E-state index contributed by atoms with van der Waals surface area (Å²) in [5.74, 6) is 0.0405. The summed E-state index contributed by atoms with van der Waals surface area (Å²) < 4.78 is 5.79. The monoisotopic (exact) mass is 312 g/mol. The molecule has 2 atom stereocenters. The number of para-hydroxylation sites is 1. The SMILES string of the molecule is Cc1[nH]ncc1CN1C[C@@H]2OCC(=O)N(c3ccccc3)[C@H]2C1. The van der Waals surface area contributed by atoms with Gasteiger partial charge >= 0.3 is 0 Å². The number of aromatic nitrogens is 2. The zero-order valence-corrected chi connectivity index (χ0v) is 13.1. The van der Waals surface area contributed by atoms with Gasteiger partial charge in [0, 0.05) is 36.6 Å². The van der Waals surface area contributed by atoms with Crippen LogP contribution in [0.3, 0.4) is 0 Å². The molecule has 2 fully saturated rings. The molecule has 6 heteroatoms. The lowest BCUT2D eigenvalue weighted by molar-refractivity contribution is -0.130. The Hall–Kier alpha value is -2.18. The number of H-pyrrole nitrogens is 1. The molecule has 1 amide bonds. The predicted octanol–water partition coefficient (Wildman–Crippen LogP) is 1.33. The van der Waals surface area contributed by atoms with Crippen LogP contribution in [-0.2, 0) is 16.1 Å². The lowest BCUT2D eigenvalue weighted by Crippen LogP contribution is -2.54. The first-order valence-corrected chi connectivity index (χ1v) is 7.92. The molecule has 1 aromatic carbocycles. The van der Waals surface area contributed by atoms with E-state index in [0.717, 1.165) is 31.0 Å². The number of anilines is 1. The van der Waals surface area contributed by atoms with Crippen molar-refractivity contribution in [3.63, 3.8) is 0 Å². The predicted molar refractivity (Wildman–Crippen MR) is 86.1 cm³/mol. The lowest BCUT2D eigenvalue weighted by Gasteiger charge is -2.36. The highest BCUT2D eigenvalue weighted by atomic mass is 16.5. The average molecular weight is 312 g/mol. The Balaban J connectivity index is 1.55. The quantitative estimate of drug-likeness (QED) is 0.929. The van der Waals surface area contributed by atoms with Crippen molar-refractivity contribution in [3.8, 4) is 0 Å². The van der Waals surface area contributed by atoms with Crippen molar-refractivity contribution >= 4 is 11.6 Å². The van der Waals surface area contributed by atoms with Gasteiger partial charge < -0.3 is 9.64 Å². The molecule has 4 rings (SSSR count). The van der Waals surface area contributed by atoms with Gasteiger partial charge in [-0.3, -0.25) is 14.8 Å². The molecule has 2 saturated heterocycles. The fourth-order valence-corrected chi connectivity index (χ4v) is 3.51. The molecule has 0 aliphatic carbocycles. The number of likely N-dealkylation sites (tertiary alicyclic amines) is 1. The highest BCUT2D eigenvalue weighted by Crippen LogP contribution is 2.29. The van der Waals surface area contributed by atoms with Gasteiger partial charge in [0.15, 0.2) is 0 Å². The molecule has 0 radical (unpaired) electrons. The number of carbonyl (C=O) groups is 1. The number of ether oxygens (including phenoxy) is 1. The van der Waals surface area contributed by atoms with Gasteiger partial charge in [0.05, 0.1) is 18.3 Å². The van der Waals surface area contributed by atoms with Crippen molar-refractivity contribution in [2.45, 2.75) is 25.6 Å². The van der Waals surface area contributed by atoms with Gasteiger partial charge in [-0.15, -0.1) is 0 Å². The average Bonchev–Trinajstić information content (AvgIpc) is 3.15. The molecule has 1 aromatic heterocycles. The van der Waals surface area contributed by atoms with Crippen LogP contribution in [0.4, 0.5) is 5.69 Å². The van der Waals surface area contributed by atoms with E-state index < -0.39 is 0 Å². The number of fused-ring (bicyclic) bond motifs is 1. The van der Waals surface area contributed by atoms with E-state index in [-0.39, 0.29) is 24.7 Å². The Morgan fingerprint density at radius 1 is 1.30 bits per heavy atom. The fourth-order valence-electron chi connectivity index (χ4n) is 3.51. The van der Waals surface area contributed by atoms with Crippen molar-refractivity contribution in [2.24, 2.45) is 0 Å². The summed E-state index contributed by atoms with van der Waals surface area (Å²) in [5, 5.41) is 7.06. The standard InChI is InChI=1S/C17H20N4O2/c1-12-13(7-18-19-12)8-20-9-15-16(10-20)23-11-17(22)21(15)14-5-3-2-4-6-14/h2-7,15-16H,8-11H2,1H3,(H,18,19)/t15-,16-/m0/s1. The van der Waals surface area contributed by atoms with Gasteiger partial charge in [-0.05, 0) is 19.1 Å². The third-order valence-corrected chi connectivity index (χ3v) is 4.70. The van der Waals surface area contributed by atoms with Gasteiger partial charge in [0.2, 0.25) is 0 Å². The highest BCUT2D eigenvalue weighted by molar-refractivity contribution is 5.95. The van der Waals surface area contributed by atoms with E-state index in [0.29, 0.717) is 0 Å². The van der Waals surface area contributed by atoms with Gasteiger partial charge in [-0.2, -0.15) is 5.10 Å². The number of nitrogens with one attached hydrogen (secondary N) is 1. The Bertz CT molecular complexity index is 700. The largest absolute Gasteiger partial charge is 0.365 e. The smallest absolute Gasteiger partial charge is 0.253 e. The van der Waals surface area contributed by atoms with Crippen LogP contribution in [0.15, 0.2) is 36.5 Å². The van der Waals surface area contributed by atoms with Crippen LogP contribution < -0.4 is 4.90 Å². The second-order valence-corrected chi connectivity index (χ2v) is 6.23. The molecule has 0 spiro atoms. The van der Waals surface area contributed by atoms with Crippen LogP contribution in [-0.4, -0.2) is 52.8 Å². The summed E-state index contributed by atoms with van der Waals surface area (Å²) in [6.07, 6.45) is 1.94. The first-order valence-electron chi connectivity index (χ1n) is 7.92. The third-order valence-electron chi connectivity index (χ3n) is 4.70. The summed E-state index contributed by atoms with van der Waals surface area (Å²) >= 11 is 0. The molecule has 0 unspecified atom stereocenters. The topological polar surface area (TPSA) is 61.5 Å². The minimum Gasteiger partial charge on any atom is -0.365 e. The number of hydrogen-bond donors (Lipinski definition) is 1. The van der Waals surface area contributed by atoms with Crippen LogP contribution in [0.2, 0.25) is 0 Å². The fraction of sp³-hybridized carbons (Fsp3) is 0.412. The molecule has 0 bridgehead atoms. The Morgan fingerprint density at radius 2 is 2.13 bits per heavy atom. The molecule has 2 aliphatic heterocycles. The van der Waals surface area contributed by atoms with E-state index >= 15 is 0 Å². The first-order chi connectivity index (χ1) is 11.2. The molecule has 3 heterocycles. The molecule has 2 aromatic rings. The summed E-state index contributed by atoms with van der Waals surface area (Å²) in [6.45, 7) is 4.67. The van der Waals surface area contributed by atoms with E-state index in [2.05, 4.69) is 15.1 Å². The maximum absolute atomic E-state index is 12.4. The van der Waals surface area contributed by atoms with Crippen molar-refractivity contribution in [2.75, 3.05) is 24.6 Å². The molecule has 120 valence electrons. The number of hydrogen-bond acceptors (Lipinski definition) is 4. The number of morpholine rings is 1. The summed E-state index contributed by atoms with van der Waals surface area (Å²) in [5.41, 5.74) is 3.25. The molecule has 2 aliphatic rings. The van der Waals surface area contributed by atoms with Crippen LogP contribution >= 0.6 is 0 Å². The number of rotatable bonds is 3. The summed E-state index contributed by atoms with van der Waals surface area (Å²) in [7, 11) is 0. The minimum absolute atomic E-state index is 0.0405. The van der Waals surface area contributed by atoms with Crippen LogP contribution in [0.25, 0.3) is 0 Å². The second kappa shape index (κ2) is 5.79.